The number of rotatable bonds is 9. The smallest absolute Gasteiger partial charge is 0.253 e. The van der Waals surface area contributed by atoms with Gasteiger partial charge in [0.1, 0.15) is 5.82 Å². The zero-order valence-electron chi connectivity index (χ0n) is 17.8. The number of halogens is 2. The van der Waals surface area contributed by atoms with E-state index in [0.717, 1.165) is 6.21 Å². The van der Waals surface area contributed by atoms with Crippen LogP contribution in [0, 0.1) is 5.41 Å². The highest BCUT2D eigenvalue weighted by atomic mass is 32.2. The van der Waals surface area contributed by atoms with Gasteiger partial charge in [-0.1, -0.05) is 12.1 Å². The molecule has 0 bridgehead atoms. The summed E-state index contributed by atoms with van der Waals surface area (Å²) in [5, 5.41) is 12.8. The van der Waals surface area contributed by atoms with Crippen molar-refractivity contribution in [3.05, 3.63) is 53.2 Å². The highest BCUT2D eigenvalue weighted by Crippen LogP contribution is 2.21. The molecule has 1 saturated heterocycles. The molecule has 3 rings (SSSR count). The van der Waals surface area contributed by atoms with Gasteiger partial charge >= 0.3 is 0 Å². The third-order valence-corrected chi connectivity index (χ3v) is 7.31. The third-order valence-electron chi connectivity index (χ3n) is 5.40. The van der Waals surface area contributed by atoms with Crippen LogP contribution in [0.3, 0.4) is 0 Å². The monoisotopic (exact) mass is 480 g/mol. The molecule has 0 unspecified atom stereocenters. The van der Waals surface area contributed by atoms with E-state index in [-0.39, 0.29) is 42.0 Å². The number of hydrogen-bond acceptors (Lipinski definition) is 7. The Labute approximate surface area is 190 Å². The first-order valence-electron chi connectivity index (χ1n) is 10.4. The summed E-state index contributed by atoms with van der Waals surface area (Å²) in [5.41, 5.74) is 6.92. The zero-order valence-corrected chi connectivity index (χ0v) is 18.6. The Bertz CT molecular complexity index is 1090. The van der Waals surface area contributed by atoms with Gasteiger partial charge < -0.3 is 21.8 Å². The summed E-state index contributed by atoms with van der Waals surface area (Å²) in [6.45, 7) is 0.293. The van der Waals surface area contributed by atoms with E-state index in [9.17, 15) is 22.0 Å². The van der Waals surface area contributed by atoms with Crippen molar-refractivity contribution in [2.45, 2.75) is 36.7 Å². The maximum absolute atomic E-state index is 12.9. The molecule has 9 nitrogen and oxygen atoms in total. The second-order valence-electron chi connectivity index (χ2n) is 7.65. The van der Waals surface area contributed by atoms with E-state index in [1.807, 2.05) is 0 Å². The quantitative estimate of drug-likeness (QED) is 0.402. The Balaban J connectivity index is 1.56. The fraction of sp³-hybridized carbons (Fsp3) is 0.381. The lowest BCUT2D eigenvalue weighted by Crippen LogP contribution is -2.45. The maximum atomic E-state index is 12.9. The number of piperidine rings is 1. The lowest BCUT2D eigenvalue weighted by atomic mass is 10.1. The average Bonchev–Trinajstić information content (AvgIpc) is 2.82. The van der Waals surface area contributed by atoms with Crippen LogP contribution in [-0.2, 0) is 16.6 Å². The van der Waals surface area contributed by atoms with Gasteiger partial charge in [0.05, 0.1) is 17.0 Å². The molecule has 178 valence electrons. The normalized spacial score (nSPS) is 15.5. The Hall–Kier alpha value is -2.96. The predicted molar refractivity (Wildman–Crippen MR) is 120 cm³/mol. The topological polar surface area (TPSA) is 141 Å². The van der Waals surface area contributed by atoms with Crippen molar-refractivity contribution in [2.75, 3.05) is 25.4 Å². The fourth-order valence-electron chi connectivity index (χ4n) is 3.50. The number of benzene rings is 1. The van der Waals surface area contributed by atoms with E-state index in [0.29, 0.717) is 24.0 Å². The fourth-order valence-corrected chi connectivity index (χ4v) is 4.97. The van der Waals surface area contributed by atoms with Gasteiger partial charge in [0.2, 0.25) is 10.0 Å². The van der Waals surface area contributed by atoms with Crippen LogP contribution in [0.1, 0.15) is 34.3 Å². The third kappa shape index (κ3) is 6.30. The van der Waals surface area contributed by atoms with Crippen molar-refractivity contribution in [3.8, 4) is 0 Å². The molecule has 0 spiro atoms. The Morgan fingerprint density at radius 1 is 1.27 bits per heavy atom. The molecule has 1 aromatic heterocycles. The number of nitrogen functional groups attached to an aromatic ring is 1. The van der Waals surface area contributed by atoms with Crippen molar-refractivity contribution >= 4 is 28.0 Å². The average molecular weight is 481 g/mol. The van der Waals surface area contributed by atoms with E-state index in [1.165, 1.54) is 28.7 Å². The van der Waals surface area contributed by atoms with Gasteiger partial charge in [-0.15, -0.1) is 0 Å². The molecular weight excluding hydrogens is 454 g/mol. The minimum Gasteiger partial charge on any atom is -0.383 e. The molecule has 1 aromatic carbocycles. The number of alkyl halides is 2. The molecule has 5 N–H and O–H groups in total. The Morgan fingerprint density at radius 2 is 1.94 bits per heavy atom. The maximum Gasteiger partial charge on any atom is 0.253 e. The van der Waals surface area contributed by atoms with Crippen LogP contribution >= 0.6 is 0 Å². The molecule has 0 atom stereocenters. The number of aromatic nitrogens is 1. The predicted octanol–water partition coefficient (Wildman–Crippen LogP) is 1.60. The van der Waals surface area contributed by atoms with Crippen LogP contribution in [0.25, 0.3) is 0 Å². The van der Waals surface area contributed by atoms with Crippen LogP contribution in [-0.4, -0.2) is 61.9 Å². The van der Waals surface area contributed by atoms with Gasteiger partial charge in [0, 0.05) is 43.7 Å². The molecule has 0 saturated carbocycles. The molecule has 1 aliphatic heterocycles. The molecule has 1 amide bonds. The number of amides is 1. The minimum absolute atomic E-state index is 0.122. The first-order valence-corrected chi connectivity index (χ1v) is 11.8. The number of carbonyl (C=O) groups excluding carboxylic acids is 1. The number of carbonyl (C=O) groups is 1. The van der Waals surface area contributed by atoms with Gasteiger partial charge in [-0.05, 0) is 36.6 Å². The van der Waals surface area contributed by atoms with Gasteiger partial charge in [0.25, 0.3) is 12.3 Å². The van der Waals surface area contributed by atoms with E-state index in [4.69, 9.17) is 11.1 Å². The van der Waals surface area contributed by atoms with Crippen LogP contribution < -0.4 is 16.4 Å². The van der Waals surface area contributed by atoms with Crippen molar-refractivity contribution < 1.29 is 22.0 Å². The number of nitrogens with zero attached hydrogens (tertiary/aromatic N) is 2. The molecule has 2 aromatic rings. The lowest BCUT2D eigenvalue weighted by Gasteiger charge is -2.31. The standard InChI is InChI=1S/C21H26F2N6O3S/c22-19(23)13-26-17-5-7-29(8-6-17)33(31,32)18-3-1-14(2-4-18)11-28-21(30)16-9-15(10-24)20(25)27-12-16/h1-4,9-10,12,17,19,24,26H,5-8,11,13H2,(H2,25,27)(H,28,30). The van der Waals surface area contributed by atoms with Crippen LogP contribution in [0.4, 0.5) is 14.6 Å². The molecule has 0 radical (unpaired) electrons. The van der Waals surface area contributed by atoms with E-state index < -0.39 is 28.9 Å². The molecule has 12 heteroatoms. The van der Waals surface area contributed by atoms with Crippen molar-refractivity contribution in [3.63, 3.8) is 0 Å². The van der Waals surface area contributed by atoms with Crippen LogP contribution in [0.5, 0.6) is 0 Å². The molecule has 1 aliphatic rings. The van der Waals surface area contributed by atoms with Gasteiger partial charge in [-0.2, -0.15) is 4.31 Å². The second kappa shape index (κ2) is 10.8. The molecule has 2 heterocycles. The van der Waals surface area contributed by atoms with Gasteiger partial charge in [0.15, 0.2) is 0 Å². The van der Waals surface area contributed by atoms with Crippen molar-refractivity contribution in [2.24, 2.45) is 0 Å². The van der Waals surface area contributed by atoms with Crippen LogP contribution in [0.2, 0.25) is 0 Å². The summed E-state index contributed by atoms with van der Waals surface area (Å²) in [4.78, 5) is 16.3. The molecular formula is C21H26F2N6O3S. The summed E-state index contributed by atoms with van der Waals surface area (Å²) in [5.74, 6) is -0.238. The highest BCUT2D eigenvalue weighted by molar-refractivity contribution is 7.89. The van der Waals surface area contributed by atoms with E-state index >= 15 is 0 Å². The largest absolute Gasteiger partial charge is 0.383 e. The Morgan fingerprint density at radius 3 is 2.55 bits per heavy atom. The van der Waals surface area contributed by atoms with Gasteiger partial charge in [-0.3, -0.25) is 4.79 Å². The summed E-state index contributed by atoms with van der Waals surface area (Å²) in [6.07, 6.45) is 0.837. The number of hydrogen-bond donors (Lipinski definition) is 4. The number of nitrogens with two attached hydrogens (primary N) is 1. The van der Waals surface area contributed by atoms with Gasteiger partial charge in [-0.25, -0.2) is 22.2 Å². The first kappa shape index (κ1) is 24.7. The summed E-state index contributed by atoms with van der Waals surface area (Å²) in [6, 6.07) is 7.55. The number of nitrogens with one attached hydrogen (secondary N) is 3. The van der Waals surface area contributed by atoms with E-state index in [2.05, 4.69) is 15.6 Å². The van der Waals surface area contributed by atoms with Crippen LogP contribution in [0.15, 0.2) is 41.4 Å². The number of sulfonamides is 1. The summed E-state index contributed by atoms with van der Waals surface area (Å²) >= 11 is 0. The lowest BCUT2D eigenvalue weighted by molar-refractivity contribution is 0.0950. The minimum atomic E-state index is -3.69. The SMILES string of the molecule is N=Cc1cc(C(=O)NCc2ccc(S(=O)(=O)N3CCC(NCC(F)F)CC3)cc2)cnc1N. The highest BCUT2D eigenvalue weighted by Gasteiger charge is 2.29. The van der Waals surface area contributed by atoms with Crippen molar-refractivity contribution in [1.82, 2.24) is 19.9 Å². The van der Waals surface area contributed by atoms with Crippen molar-refractivity contribution in [1.29, 1.82) is 5.41 Å². The number of pyridine rings is 1. The zero-order chi connectivity index (χ0) is 24.0. The summed E-state index contributed by atoms with van der Waals surface area (Å²) < 4.78 is 51.8. The number of anilines is 1. The Kier molecular flexibility index (Phi) is 8.06. The first-order chi connectivity index (χ1) is 15.7. The van der Waals surface area contributed by atoms with E-state index in [1.54, 1.807) is 12.1 Å². The second-order valence-corrected chi connectivity index (χ2v) is 9.59. The summed E-state index contributed by atoms with van der Waals surface area (Å²) in [7, 11) is -3.69. The molecule has 1 fully saturated rings. The molecule has 33 heavy (non-hydrogen) atoms. The molecule has 0 aliphatic carbocycles.